The Morgan fingerprint density at radius 3 is 3.10 bits per heavy atom. The van der Waals surface area contributed by atoms with E-state index in [4.69, 9.17) is 4.52 Å². The summed E-state index contributed by atoms with van der Waals surface area (Å²) < 4.78 is 5.35. The molecule has 2 atom stereocenters. The van der Waals surface area contributed by atoms with Crippen LogP contribution in [0.2, 0.25) is 0 Å². The molecule has 3 heterocycles. The van der Waals surface area contributed by atoms with Crippen molar-refractivity contribution in [3.63, 3.8) is 0 Å². The van der Waals surface area contributed by atoms with E-state index in [1.165, 1.54) is 0 Å². The predicted octanol–water partition coefficient (Wildman–Crippen LogP) is 1.87. The number of nitrogens with zero attached hydrogens (tertiary/aromatic N) is 4. The van der Waals surface area contributed by atoms with Gasteiger partial charge in [-0.2, -0.15) is 4.98 Å². The molecule has 3 rings (SSSR count). The van der Waals surface area contributed by atoms with Crippen molar-refractivity contribution in [1.82, 2.24) is 20.0 Å². The summed E-state index contributed by atoms with van der Waals surface area (Å²) in [5.41, 5.74) is 0.845. The molecule has 1 aliphatic heterocycles. The van der Waals surface area contributed by atoms with Gasteiger partial charge in [-0.15, -0.1) is 0 Å². The lowest BCUT2D eigenvalue weighted by Gasteiger charge is -2.38. The van der Waals surface area contributed by atoms with Gasteiger partial charge in [0.25, 0.3) is 0 Å². The number of aliphatic hydroxyl groups excluding tert-OH is 1. The lowest BCUT2D eigenvalue weighted by Crippen LogP contribution is -2.46. The Bertz CT molecular complexity index is 572. The molecule has 6 heteroatoms. The molecule has 1 aliphatic rings. The molecule has 1 fully saturated rings. The van der Waals surface area contributed by atoms with Crippen LogP contribution in [-0.2, 0) is 6.54 Å². The third-order valence-electron chi connectivity index (χ3n) is 4.11. The SMILES string of the molecule is CC1CCCC(CO)N1Cc1nc(-c2cccnc2)no1. The van der Waals surface area contributed by atoms with Crippen LogP contribution in [0.25, 0.3) is 11.4 Å². The summed E-state index contributed by atoms with van der Waals surface area (Å²) in [5, 5.41) is 13.5. The number of rotatable bonds is 4. The van der Waals surface area contributed by atoms with E-state index in [1.54, 1.807) is 12.4 Å². The lowest BCUT2D eigenvalue weighted by molar-refractivity contribution is 0.0370. The zero-order chi connectivity index (χ0) is 14.7. The molecule has 2 aromatic heterocycles. The maximum absolute atomic E-state index is 9.52. The molecule has 0 saturated carbocycles. The summed E-state index contributed by atoms with van der Waals surface area (Å²) >= 11 is 0. The second-order valence-electron chi connectivity index (χ2n) is 5.54. The Kier molecular flexibility index (Phi) is 4.26. The minimum absolute atomic E-state index is 0.175. The van der Waals surface area contributed by atoms with Crippen LogP contribution in [0.15, 0.2) is 29.0 Å². The molecule has 21 heavy (non-hydrogen) atoms. The molecule has 6 nitrogen and oxygen atoms in total. The first-order valence-electron chi connectivity index (χ1n) is 7.37. The van der Waals surface area contributed by atoms with Crippen molar-refractivity contribution in [2.24, 2.45) is 0 Å². The van der Waals surface area contributed by atoms with Gasteiger partial charge in [-0.05, 0) is 31.9 Å². The van der Waals surface area contributed by atoms with E-state index in [2.05, 4.69) is 26.9 Å². The summed E-state index contributed by atoms with van der Waals surface area (Å²) in [5.74, 6) is 1.14. The van der Waals surface area contributed by atoms with E-state index in [9.17, 15) is 5.11 Å². The fourth-order valence-corrected chi connectivity index (χ4v) is 2.91. The Balaban J connectivity index is 1.74. The van der Waals surface area contributed by atoms with Gasteiger partial charge in [0.05, 0.1) is 13.2 Å². The number of hydrogen-bond acceptors (Lipinski definition) is 6. The van der Waals surface area contributed by atoms with Crippen molar-refractivity contribution in [3.05, 3.63) is 30.4 Å². The third kappa shape index (κ3) is 3.11. The van der Waals surface area contributed by atoms with E-state index >= 15 is 0 Å². The molecular weight excluding hydrogens is 268 g/mol. The van der Waals surface area contributed by atoms with Crippen molar-refractivity contribution in [2.45, 2.75) is 44.8 Å². The number of aromatic nitrogens is 3. The van der Waals surface area contributed by atoms with Crippen LogP contribution in [0.1, 0.15) is 32.1 Å². The second kappa shape index (κ2) is 6.32. The van der Waals surface area contributed by atoms with E-state index < -0.39 is 0 Å². The second-order valence-corrected chi connectivity index (χ2v) is 5.54. The van der Waals surface area contributed by atoms with Gasteiger partial charge in [0, 0.05) is 30.0 Å². The molecule has 0 bridgehead atoms. The number of hydrogen-bond donors (Lipinski definition) is 1. The standard InChI is InChI=1S/C15H20N4O2/c1-11-4-2-6-13(10-20)19(11)9-14-17-15(18-21-14)12-5-3-7-16-8-12/h3,5,7-8,11,13,20H,2,4,6,9-10H2,1H3. The molecule has 0 amide bonds. The topological polar surface area (TPSA) is 75.3 Å². The summed E-state index contributed by atoms with van der Waals surface area (Å²) in [6, 6.07) is 4.36. The maximum Gasteiger partial charge on any atom is 0.241 e. The van der Waals surface area contributed by atoms with Crippen molar-refractivity contribution < 1.29 is 9.63 Å². The molecular formula is C15H20N4O2. The quantitative estimate of drug-likeness (QED) is 0.925. The third-order valence-corrected chi connectivity index (χ3v) is 4.11. The monoisotopic (exact) mass is 288 g/mol. The van der Waals surface area contributed by atoms with Gasteiger partial charge in [0.1, 0.15) is 0 Å². The fourth-order valence-electron chi connectivity index (χ4n) is 2.91. The Morgan fingerprint density at radius 2 is 2.33 bits per heavy atom. The van der Waals surface area contributed by atoms with Crippen LogP contribution >= 0.6 is 0 Å². The van der Waals surface area contributed by atoms with Crippen LogP contribution < -0.4 is 0 Å². The Morgan fingerprint density at radius 1 is 1.43 bits per heavy atom. The van der Waals surface area contributed by atoms with Gasteiger partial charge >= 0.3 is 0 Å². The smallest absolute Gasteiger partial charge is 0.241 e. The van der Waals surface area contributed by atoms with E-state index in [-0.39, 0.29) is 12.6 Å². The molecule has 0 aromatic carbocycles. The van der Waals surface area contributed by atoms with E-state index in [0.29, 0.717) is 24.3 Å². The van der Waals surface area contributed by atoms with Gasteiger partial charge in [-0.1, -0.05) is 11.6 Å². The van der Waals surface area contributed by atoms with E-state index in [0.717, 1.165) is 24.8 Å². The summed E-state index contributed by atoms with van der Waals surface area (Å²) in [6.45, 7) is 2.94. The summed E-state index contributed by atoms with van der Waals surface area (Å²) in [7, 11) is 0. The van der Waals surface area contributed by atoms with Crippen molar-refractivity contribution >= 4 is 0 Å². The lowest BCUT2D eigenvalue weighted by atomic mass is 9.97. The normalized spacial score (nSPS) is 23.3. The number of aliphatic hydroxyl groups is 1. The molecule has 0 radical (unpaired) electrons. The highest BCUT2D eigenvalue weighted by Crippen LogP contribution is 2.25. The highest BCUT2D eigenvalue weighted by molar-refractivity contribution is 5.51. The predicted molar refractivity (Wildman–Crippen MR) is 77.3 cm³/mol. The molecule has 2 aromatic rings. The number of pyridine rings is 1. The molecule has 1 N–H and O–H groups in total. The Labute approximate surface area is 123 Å². The molecule has 0 aliphatic carbocycles. The van der Waals surface area contributed by atoms with Gasteiger partial charge in [0.15, 0.2) is 0 Å². The Hall–Kier alpha value is -1.79. The summed E-state index contributed by atoms with van der Waals surface area (Å²) in [4.78, 5) is 10.7. The number of piperidine rings is 1. The first kappa shape index (κ1) is 14.2. The molecule has 1 saturated heterocycles. The van der Waals surface area contributed by atoms with Crippen LogP contribution in [0.3, 0.4) is 0 Å². The maximum atomic E-state index is 9.52. The number of likely N-dealkylation sites (tertiary alicyclic amines) is 1. The average molecular weight is 288 g/mol. The van der Waals surface area contributed by atoms with Crippen LogP contribution in [0.5, 0.6) is 0 Å². The fraction of sp³-hybridized carbons (Fsp3) is 0.533. The first-order chi connectivity index (χ1) is 10.3. The first-order valence-corrected chi connectivity index (χ1v) is 7.37. The van der Waals surface area contributed by atoms with Crippen LogP contribution in [0, 0.1) is 0 Å². The van der Waals surface area contributed by atoms with Crippen LogP contribution in [0.4, 0.5) is 0 Å². The minimum Gasteiger partial charge on any atom is -0.395 e. The average Bonchev–Trinajstić information content (AvgIpc) is 2.99. The molecule has 2 unspecified atom stereocenters. The largest absolute Gasteiger partial charge is 0.395 e. The van der Waals surface area contributed by atoms with Crippen molar-refractivity contribution in [3.8, 4) is 11.4 Å². The molecule has 0 spiro atoms. The van der Waals surface area contributed by atoms with Gasteiger partial charge in [-0.25, -0.2) is 0 Å². The highest BCUT2D eigenvalue weighted by atomic mass is 16.5. The summed E-state index contributed by atoms with van der Waals surface area (Å²) in [6.07, 6.45) is 6.75. The zero-order valence-electron chi connectivity index (χ0n) is 12.1. The highest BCUT2D eigenvalue weighted by Gasteiger charge is 2.28. The van der Waals surface area contributed by atoms with Gasteiger partial charge < -0.3 is 9.63 Å². The van der Waals surface area contributed by atoms with Crippen LogP contribution in [-0.4, -0.2) is 43.8 Å². The van der Waals surface area contributed by atoms with Gasteiger partial charge in [0.2, 0.25) is 11.7 Å². The van der Waals surface area contributed by atoms with Crippen molar-refractivity contribution in [1.29, 1.82) is 0 Å². The van der Waals surface area contributed by atoms with E-state index in [1.807, 2.05) is 12.1 Å². The minimum atomic E-state index is 0.175. The molecule has 112 valence electrons. The zero-order valence-corrected chi connectivity index (χ0v) is 12.1. The van der Waals surface area contributed by atoms with Crippen molar-refractivity contribution in [2.75, 3.05) is 6.61 Å². The van der Waals surface area contributed by atoms with Gasteiger partial charge in [-0.3, -0.25) is 9.88 Å².